The number of morpholine rings is 1. The molecule has 2 N–H and O–H groups in total. The Hall–Kier alpha value is -3.34. The third kappa shape index (κ3) is 6.29. The minimum atomic E-state index is -0.536. The van der Waals surface area contributed by atoms with Gasteiger partial charge in [-0.15, -0.1) is 10.2 Å². The number of amides is 2. The number of ether oxygens (including phenoxy) is 1. The third-order valence-electron chi connectivity index (χ3n) is 8.99. The van der Waals surface area contributed by atoms with Crippen LogP contribution in [0.4, 0.5) is 0 Å². The second kappa shape index (κ2) is 12.3. The fraction of sp³-hybridized carbons (Fsp3) is 0.667. The van der Waals surface area contributed by atoms with Crippen molar-refractivity contribution < 1.29 is 14.3 Å². The first-order valence-corrected chi connectivity index (χ1v) is 15.1. The molecule has 1 aliphatic carbocycles. The lowest BCUT2D eigenvalue weighted by atomic mass is 9.69. The Balaban J connectivity index is 1.42. The van der Waals surface area contributed by atoms with Gasteiger partial charge in [0.2, 0.25) is 0 Å². The Labute approximate surface area is 242 Å². The van der Waals surface area contributed by atoms with E-state index < -0.39 is 5.66 Å². The topological polar surface area (TPSA) is 129 Å². The molecule has 2 fully saturated rings. The van der Waals surface area contributed by atoms with E-state index in [4.69, 9.17) is 9.73 Å². The van der Waals surface area contributed by atoms with Crippen LogP contribution in [0.15, 0.2) is 29.3 Å². The molecular formula is C30H44N8O3. The predicted molar refractivity (Wildman–Crippen MR) is 155 cm³/mol. The third-order valence-corrected chi connectivity index (χ3v) is 8.99. The molecule has 11 heteroatoms. The van der Waals surface area contributed by atoms with Gasteiger partial charge in [-0.2, -0.15) is 5.21 Å². The van der Waals surface area contributed by atoms with E-state index in [-0.39, 0.29) is 29.8 Å². The molecule has 1 aromatic carbocycles. The van der Waals surface area contributed by atoms with Crippen LogP contribution in [0.2, 0.25) is 0 Å². The Morgan fingerprint density at radius 2 is 1.88 bits per heavy atom. The van der Waals surface area contributed by atoms with E-state index in [1.807, 2.05) is 24.3 Å². The quantitative estimate of drug-likeness (QED) is 0.498. The number of benzene rings is 1. The molecule has 3 heterocycles. The van der Waals surface area contributed by atoms with Crippen LogP contribution in [-0.2, 0) is 16.1 Å². The Kier molecular flexibility index (Phi) is 8.72. The number of carbonyl (C=O) groups excluding carboxylic acids is 2. The van der Waals surface area contributed by atoms with Gasteiger partial charge in [0.1, 0.15) is 5.66 Å². The van der Waals surface area contributed by atoms with E-state index in [1.165, 1.54) is 0 Å². The number of aromatic nitrogens is 4. The molecule has 1 saturated heterocycles. The van der Waals surface area contributed by atoms with E-state index in [9.17, 15) is 9.59 Å². The molecule has 1 atom stereocenters. The zero-order valence-corrected chi connectivity index (χ0v) is 24.9. The Bertz CT molecular complexity index is 1210. The van der Waals surface area contributed by atoms with Gasteiger partial charge in [-0.05, 0) is 61.1 Å². The molecule has 1 aromatic heterocycles. The maximum atomic E-state index is 14.3. The maximum absolute atomic E-state index is 14.3. The predicted octanol–water partition coefficient (Wildman–Crippen LogP) is 3.87. The number of unbranched alkanes of at least 4 members (excludes halogenated alkanes) is 1. The maximum Gasteiger partial charge on any atom is 0.291 e. The van der Waals surface area contributed by atoms with Gasteiger partial charge in [0.25, 0.3) is 11.8 Å². The zero-order valence-electron chi connectivity index (χ0n) is 24.9. The molecular weight excluding hydrogens is 520 g/mol. The monoisotopic (exact) mass is 564 g/mol. The van der Waals surface area contributed by atoms with Crippen molar-refractivity contribution in [1.82, 2.24) is 35.7 Å². The number of aliphatic imine (C=N–C) groups is 1. The largest absolute Gasteiger partial charge is 0.378 e. The number of hydrogen-bond donors (Lipinski definition) is 2. The summed E-state index contributed by atoms with van der Waals surface area (Å²) in [5, 5.41) is 16.5. The van der Waals surface area contributed by atoms with Crippen LogP contribution >= 0.6 is 0 Å². The summed E-state index contributed by atoms with van der Waals surface area (Å²) in [6.45, 7) is 11.9. The standard InChI is InChI=1S/C30H44N8O3/c1-5-6-7-24(21-8-10-22(11-9-21)27(39)31-20-25-33-35-36-34-25)38-28(40)26(37-16-18-41-19-17-37)32-30(38)14-12-23(13-15-30)29(2,3)4/h8-11,23-24H,5-7,12-20H2,1-4H3,(H,31,39)(H,33,34,35,36)/t23?,24-,30?/m1/s1. The lowest BCUT2D eigenvalue weighted by Crippen LogP contribution is -2.52. The minimum absolute atomic E-state index is 0.0316. The number of nitrogens with zero attached hydrogens (tertiary/aromatic N) is 6. The summed E-state index contributed by atoms with van der Waals surface area (Å²) >= 11 is 0. The summed E-state index contributed by atoms with van der Waals surface area (Å²) in [4.78, 5) is 36.7. The average Bonchev–Trinajstić information content (AvgIpc) is 3.59. The molecule has 0 radical (unpaired) electrons. The fourth-order valence-electron chi connectivity index (χ4n) is 6.52. The van der Waals surface area contributed by atoms with Crippen LogP contribution in [0, 0.1) is 11.3 Å². The van der Waals surface area contributed by atoms with Crippen LogP contribution in [0.5, 0.6) is 0 Å². The SMILES string of the molecule is CCCC[C@H](c1ccc(C(=O)NCc2nn[nH]n2)cc1)N1C(=O)C(N2CCOCC2)=NC12CCC(C(C)(C)C)CC2. The summed E-state index contributed by atoms with van der Waals surface area (Å²) in [5.74, 6) is 1.45. The molecule has 1 saturated carbocycles. The molecule has 2 aliphatic heterocycles. The highest BCUT2D eigenvalue weighted by Gasteiger charge is 2.53. The molecule has 2 amide bonds. The van der Waals surface area contributed by atoms with Crippen LogP contribution in [0.3, 0.4) is 0 Å². The highest BCUT2D eigenvalue weighted by atomic mass is 16.5. The second-order valence-electron chi connectivity index (χ2n) is 12.6. The summed E-state index contributed by atoms with van der Waals surface area (Å²) in [7, 11) is 0. The first kappa shape index (κ1) is 29.2. The van der Waals surface area contributed by atoms with Gasteiger partial charge in [0, 0.05) is 18.7 Å². The molecule has 5 rings (SSSR count). The number of H-pyrrole nitrogens is 1. The van der Waals surface area contributed by atoms with Gasteiger partial charge in [0.15, 0.2) is 11.7 Å². The first-order chi connectivity index (χ1) is 19.7. The van der Waals surface area contributed by atoms with E-state index in [0.717, 1.165) is 50.5 Å². The van der Waals surface area contributed by atoms with Crippen molar-refractivity contribution in [1.29, 1.82) is 0 Å². The highest BCUT2D eigenvalue weighted by Crippen LogP contribution is 2.49. The summed E-state index contributed by atoms with van der Waals surface area (Å²) in [6.07, 6.45) is 6.71. The minimum Gasteiger partial charge on any atom is -0.378 e. The molecule has 222 valence electrons. The molecule has 1 spiro atoms. The lowest BCUT2D eigenvalue weighted by molar-refractivity contribution is -0.134. The highest BCUT2D eigenvalue weighted by molar-refractivity contribution is 6.39. The average molecular weight is 565 g/mol. The van der Waals surface area contributed by atoms with Crippen LogP contribution < -0.4 is 5.32 Å². The summed E-state index contributed by atoms with van der Waals surface area (Å²) < 4.78 is 5.58. The number of nitrogens with one attached hydrogen (secondary N) is 2. The number of amidine groups is 1. The van der Waals surface area contributed by atoms with E-state index >= 15 is 0 Å². The van der Waals surface area contributed by atoms with E-state index in [1.54, 1.807) is 0 Å². The van der Waals surface area contributed by atoms with Crippen molar-refractivity contribution >= 4 is 17.6 Å². The fourth-order valence-corrected chi connectivity index (χ4v) is 6.52. The molecule has 0 bridgehead atoms. The van der Waals surface area contributed by atoms with Crippen LogP contribution in [-0.4, -0.2) is 80.0 Å². The smallest absolute Gasteiger partial charge is 0.291 e. The molecule has 11 nitrogen and oxygen atoms in total. The molecule has 3 aliphatic rings. The number of aromatic amines is 1. The normalized spacial score (nSPS) is 24.0. The van der Waals surface area contributed by atoms with E-state index in [2.05, 4.69) is 63.4 Å². The molecule has 41 heavy (non-hydrogen) atoms. The van der Waals surface area contributed by atoms with Crippen molar-refractivity contribution in [2.24, 2.45) is 16.3 Å². The summed E-state index contributed by atoms with van der Waals surface area (Å²) in [5.41, 5.74) is 1.28. The van der Waals surface area contributed by atoms with Gasteiger partial charge < -0.3 is 19.9 Å². The second-order valence-corrected chi connectivity index (χ2v) is 12.6. The van der Waals surface area contributed by atoms with Crippen molar-refractivity contribution in [2.75, 3.05) is 26.3 Å². The lowest BCUT2D eigenvalue weighted by Gasteiger charge is -2.47. The Morgan fingerprint density at radius 3 is 2.49 bits per heavy atom. The van der Waals surface area contributed by atoms with Crippen molar-refractivity contribution in [2.45, 2.75) is 90.9 Å². The Morgan fingerprint density at radius 1 is 1.17 bits per heavy atom. The van der Waals surface area contributed by atoms with Crippen molar-refractivity contribution in [3.05, 3.63) is 41.2 Å². The van der Waals surface area contributed by atoms with E-state index in [0.29, 0.717) is 49.4 Å². The first-order valence-electron chi connectivity index (χ1n) is 15.1. The van der Waals surface area contributed by atoms with Crippen LogP contribution in [0.1, 0.15) is 100 Å². The van der Waals surface area contributed by atoms with Gasteiger partial charge in [-0.1, -0.05) is 57.9 Å². The van der Waals surface area contributed by atoms with Crippen molar-refractivity contribution in [3.8, 4) is 0 Å². The van der Waals surface area contributed by atoms with Gasteiger partial charge >= 0.3 is 0 Å². The van der Waals surface area contributed by atoms with Crippen LogP contribution in [0.25, 0.3) is 0 Å². The number of tetrazole rings is 1. The van der Waals surface area contributed by atoms with Gasteiger partial charge in [0.05, 0.1) is 25.8 Å². The number of rotatable bonds is 8. The van der Waals surface area contributed by atoms with Gasteiger partial charge in [-0.3, -0.25) is 9.59 Å². The number of carbonyl (C=O) groups is 2. The van der Waals surface area contributed by atoms with Crippen molar-refractivity contribution in [3.63, 3.8) is 0 Å². The van der Waals surface area contributed by atoms with Gasteiger partial charge in [-0.25, -0.2) is 4.99 Å². The zero-order chi connectivity index (χ0) is 29.0. The summed E-state index contributed by atoms with van der Waals surface area (Å²) in [6, 6.07) is 7.56. The molecule has 2 aromatic rings. The number of hydrogen-bond acceptors (Lipinski definition) is 8. The molecule has 0 unspecified atom stereocenters.